The van der Waals surface area contributed by atoms with E-state index in [-0.39, 0.29) is 11.9 Å². The Morgan fingerprint density at radius 2 is 2.05 bits per heavy atom. The first kappa shape index (κ1) is 15.3. The summed E-state index contributed by atoms with van der Waals surface area (Å²) in [4.78, 5) is 25.3. The molecule has 1 aromatic rings. The van der Waals surface area contributed by atoms with Crippen LogP contribution in [0, 0.1) is 0 Å². The number of β-amino-alcohol motifs (C(OH)–C–C–N with tert-alkyl or cyclic N) is 1. The molecule has 0 aliphatic carbocycles. The Morgan fingerprint density at radius 1 is 1.33 bits per heavy atom. The molecule has 0 bridgehead atoms. The van der Waals surface area contributed by atoms with Crippen molar-refractivity contribution in [1.82, 2.24) is 10.2 Å². The Bertz CT molecular complexity index is 501. The summed E-state index contributed by atoms with van der Waals surface area (Å²) < 4.78 is 0. The van der Waals surface area contributed by atoms with Crippen molar-refractivity contribution >= 4 is 17.6 Å². The summed E-state index contributed by atoms with van der Waals surface area (Å²) in [6, 6.07) is 6.52. The van der Waals surface area contributed by atoms with Gasteiger partial charge in [0, 0.05) is 30.9 Å². The van der Waals surface area contributed by atoms with Gasteiger partial charge in [0.2, 0.25) is 0 Å². The third-order valence-corrected chi connectivity index (χ3v) is 3.42. The van der Waals surface area contributed by atoms with Crippen LogP contribution in [0.2, 0.25) is 0 Å². The topological polar surface area (TPSA) is 81.7 Å². The van der Waals surface area contributed by atoms with Gasteiger partial charge in [-0.2, -0.15) is 0 Å². The third kappa shape index (κ3) is 4.19. The van der Waals surface area contributed by atoms with Crippen molar-refractivity contribution in [3.05, 3.63) is 29.8 Å². The summed E-state index contributed by atoms with van der Waals surface area (Å²) in [5, 5.41) is 15.1. The van der Waals surface area contributed by atoms with Gasteiger partial charge in [0.25, 0.3) is 5.91 Å². The van der Waals surface area contributed by atoms with Gasteiger partial charge in [-0.3, -0.25) is 4.79 Å². The number of aliphatic hydroxyl groups is 1. The summed E-state index contributed by atoms with van der Waals surface area (Å²) in [5.41, 5.74) is 1.19. The smallest absolute Gasteiger partial charge is 0.321 e. The number of carbonyl (C=O) groups excluding carboxylic acids is 2. The Balaban J connectivity index is 1.93. The molecule has 0 unspecified atom stereocenters. The van der Waals surface area contributed by atoms with E-state index in [1.165, 1.54) is 0 Å². The number of hydrogen-bond acceptors (Lipinski definition) is 3. The van der Waals surface area contributed by atoms with E-state index in [1.54, 1.807) is 29.2 Å². The molecule has 2 rings (SSSR count). The number of benzene rings is 1. The fourth-order valence-electron chi connectivity index (χ4n) is 2.31. The highest BCUT2D eigenvalue weighted by Gasteiger charge is 2.21. The molecule has 1 aliphatic heterocycles. The summed E-state index contributed by atoms with van der Waals surface area (Å²) in [5.74, 6) is -0.130. The molecule has 0 radical (unpaired) electrons. The molecule has 1 saturated heterocycles. The molecule has 1 fully saturated rings. The third-order valence-electron chi connectivity index (χ3n) is 3.42. The number of aliphatic hydroxyl groups excluding tert-OH is 1. The minimum atomic E-state index is -0.440. The Hall–Kier alpha value is -2.08. The summed E-state index contributed by atoms with van der Waals surface area (Å²) in [6.07, 6.45) is 1.11. The van der Waals surface area contributed by atoms with E-state index in [4.69, 9.17) is 0 Å². The molecule has 3 amide bonds. The minimum absolute atomic E-state index is 0.130. The van der Waals surface area contributed by atoms with E-state index in [2.05, 4.69) is 10.6 Å². The van der Waals surface area contributed by atoms with E-state index in [1.807, 2.05) is 6.92 Å². The van der Waals surface area contributed by atoms with E-state index in [0.29, 0.717) is 30.9 Å². The lowest BCUT2D eigenvalue weighted by molar-refractivity contribution is 0.0883. The standard InChI is InChI=1S/C15H21N3O3/c1-2-16-14(20)11-5-7-12(8-6-11)17-15(21)18-9-3-4-13(19)10-18/h5-8,13,19H,2-4,9-10H2,1H3,(H,16,20)(H,17,21)/t13-/m1/s1. The Labute approximate surface area is 124 Å². The largest absolute Gasteiger partial charge is 0.391 e. The molecule has 6 heteroatoms. The van der Waals surface area contributed by atoms with Gasteiger partial charge in [-0.1, -0.05) is 0 Å². The zero-order chi connectivity index (χ0) is 15.2. The Morgan fingerprint density at radius 3 is 2.67 bits per heavy atom. The predicted molar refractivity (Wildman–Crippen MR) is 80.3 cm³/mol. The molecular weight excluding hydrogens is 270 g/mol. The van der Waals surface area contributed by atoms with Crippen LogP contribution in [0.15, 0.2) is 24.3 Å². The highest BCUT2D eigenvalue weighted by Crippen LogP contribution is 2.14. The van der Waals surface area contributed by atoms with Crippen LogP contribution in [0.1, 0.15) is 30.1 Å². The fraction of sp³-hybridized carbons (Fsp3) is 0.467. The molecule has 1 atom stereocenters. The van der Waals surface area contributed by atoms with Crippen LogP contribution in [-0.4, -0.2) is 47.7 Å². The van der Waals surface area contributed by atoms with E-state index in [9.17, 15) is 14.7 Å². The maximum Gasteiger partial charge on any atom is 0.321 e. The first-order valence-electron chi connectivity index (χ1n) is 7.22. The SMILES string of the molecule is CCNC(=O)c1ccc(NC(=O)N2CCC[C@@H](O)C2)cc1. The predicted octanol–water partition coefficient (Wildman–Crippen LogP) is 1.42. The summed E-state index contributed by atoms with van der Waals surface area (Å²) in [7, 11) is 0. The van der Waals surface area contributed by atoms with Crippen LogP contribution in [0.3, 0.4) is 0 Å². The summed E-state index contributed by atoms with van der Waals surface area (Å²) in [6.45, 7) is 3.46. The second kappa shape index (κ2) is 7.08. The molecule has 114 valence electrons. The lowest BCUT2D eigenvalue weighted by atomic mass is 10.1. The first-order chi connectivity index (χ1) is 10.1. The van der Waals surface area contributed by atoms with Crippen LogP contribution in [0.4, 0.5) is 10.5 Å². The lowest BCUT2D eigenvalue weighted by Crippen LogP contribution is -2.44. The van der Waals surface area contributed by atoms with E-state index < -0.39 is 6.10 Å². The number of hydrogen-bond donors (Lipinski definition) is 3. The van der Waals surface area contributed by atoms with Gasteiger partial charge in [0.05, 0.1) is 6.10 Å². The minimum Gasteiger partial charge on any atom is -0.391 e. The molecule has 6 nitrogen and oxygen atoms in total. The van der Waals surface area contributed by atoms with Crippen molar-refractivity contribution < 1.29 is 14.7 Å². The molecule has 1 heterocycles. The van der Waals surface area contributed by atoms with Crippen molar-refractivity contribution in [3.63, 3.8) is 0 Å². The monoisotopic (exact) mass is 291 g/mol. The average molecular weight is 291 g/mol. The van der Waals surface area contributed by atoms with Gasteiger partial charge in [-0.05, 0) is 44.0 Å². The number of nitrogens with zero attached hydrogens (tertiary/aromatic N) is 1. The van der Waals surface area contributed by atoms with Crippen LogP contribution >= 0.6 is 0 Å². The molecule has 1 aliphatic rings. The average Bonchev–Trinajstić information content (AvgIpc) is 2.48. The number of nitrogens with one attached hydrogen (secondary N) is 2. The van der Waals surface area contributed by atoms with Crippen LogP contribution in [0.5, 0.6) is 0 Å². The summed E-state index contributed by atoms with van der Waals surface area (Å²) >= 11 is 0. The normalized spacial score (nSPS) is 18.2. The highest BCUT2D eigenvalue weighted by molar-refractivity contribution is 5.95. The maximum atomic E-state index is 12.1. The zero-order valence-corrected chi connectivity index (χ0v) is 12.1. The number of anilines is 1. The molecule has 21 heavy (non-hydrogen) atoms. The second-order valence-corrected chi connectivity index (χ2v) is 5.11. The molecule has 3 N–H and O–H groups in total. The van der Waals surface area contributed by atoms with Gasteiger partial charge in [0.1, 0.15) is 0 Å². The second-order valence-electron chi connectivity index (χ2n) is 5.11. The first-order valence-corrected chi connectivity index (χ1v) is 7.22. The molecule has 1 aromatic carbocycles. The van der Waals surface area contributed by atoms with Gasteiger partial charge < -0.3 is 20.6 Å². The molecule has 0 spiro atoms. The molecule has 0 saturated carbocycles. The van der Waals surface area contributed by atoms with Crippen LogP contribution in [0.25, 0.3) is 0 Å². The number of amides is 3. The van der Waals surface area contributed by atoms with Gasteiger partial charge in [-0.25, -0.2) is 4.79 Å². The zero-order valence-electron chi connectivity index (χ0n) is 12.1. The number of likely N-dealkylation sites (tertiary alicyclic amines) is 1. The highest BCUT2D eigenvalue weighted by atomic mass is 16.3. The van der Waals surface area contributed by atoms with Crippen molar-refractivity contribution in [2.75, 3.05) is 25.0 Å². The van der Waals surface area contributed by atoms with Crippen LogP contribution < -0.4 is 10.6 Å². The van der Waals surface area contributed by atoms with Crippen molar-refractivity contribution in [1.29, 1.82) is 0 Å². The molecule has 0 aromatic heterocycles. The van der Waals surface area contributed by atoms with E-state index >= 15 is 0 Å². The number of rotatable bonds is 3. The fourth-order valence-corrected chi connectivity index (χ4v) is 2.31. The lowest BCUT2D eigenvalue weighted by Gasteiger charge is -2.30. The quantitative estimate of drug-likeness (QED) is 0.788. The molecular formula is C15H21N3O3. The van der Waals surface area contributed by atoms with Crippen LogP contribution in [-0.2, 0) is 0 Å². The van der Waals surface area contributed by atoms with Crippen molar-refractivity contribution in [2.45, 2.75) is 25.9 Å². The van der Waals surface area contributed by atoms with E-state index in [0.717, 1.165) is 12.8 Å². The van der Waals surface area contributed by atoms with Crippen molar-refractivity contribution in [2.24, 2.45) is 0 Å². The van der Waals surface area contributed by atoms with Gasteiger partial charge in [-0.15, -0.1) is 0 Å². The number of piperidine rings is 1. The Kier molecular flexibility index (Phi) is 5.16. The van der Waals surface area contributed by atoms with Gasteiger partial charge in [0.15, 0.2) is 0 Å². The van der Waals surface area contributed by atoms with Crippen molar-refractivity contribution in [3.8, 4) is 0 Å². The van der Waals surface area contributed by atoms with Gasteiger partial charge >= 0.3 is 6.03 Å². The maximum absolute atomic E-state index is 12.1. The number of carbonyl (C=O) groups is 2. The number of urea groups is 1.